The Kier molecular flexibility index (Phi) is 4.92. The van der Waals surface area contributed by atoms with Gasteiger partial charge in [0, 0.05) is 6.04 Å². The average molecular weight is 349 g/mol. The molecule has 1 aromatic carbocycles. The van der Waals surface area contributed by atoms with Crippen LogP contribution in [0.4, 0.5) is 0 Å². The number of benzene rings is 1. The van der Waals surface area contributed by atoms with Crippen LogP contribution in [0.3, 0.4) is 0 Å². The Balaban J connectivity index is 1.84. The molecule has 2 fully saturated rings. The monoisotopic (exact) mass is 349 g/mol. The lowest BCUT2D eigenvalue weighted by molar-refractivity contribution is -0.123. The Hall–Kier alpha value is -1.53. The van der Waals surface area contributed by atoms with Crippen molar-refractivity contribution in [2.75, 3.05) is 6.61 Å². The van der Waals surface area contributed by atoms with E-state index in [-0.39, 0.29) is 17.7 Å². The molecule has 4 nitrogen and oxygen atoms in total. The summed E-state index contributed by atoms with van der Waals surface area (Å²) in [6, 6.07) is 5.34. The van der Waals surface area contributed by atoms with Crippen LogP contribution in [0.5, 0.6) is 11.5 Å². The molecule has 0 bridgehead atoms. The van der Waals surface area contributed by atoms with Gasteiger partial charge in [-0.05, 0) is 43.5 Å². The summed E-state index contributed by atoms with van der Waals surface area (Å²) >= 11 is 6.75. The molecule has 23 heavy (non-hydrogen) atoms. The molecule has 0 aromatic heterocycles. The van der Waals surface area contributed by atoms with E-state index in [1.165, 1.54) is 11.8 Å². The van der Waals surface area contributed by atoms with Crippen LogP contribution in [0.15, 0.2) is 23.1 Å². The van der Waals surface area contributed by atoms with Gasteiger partial charge in [-0.25, -0.2) is 0 Å². The SMILES string of the molecule is CCOc1cc(/C=C2/SC(=S)N(C3CCCC3)C2=O)ccc1O. The molecule has 1 amide bonds. The van der Waals surface area contributed by atoms with Gasteiger partial charge in [0.1, 0.15) is 4.32 Å². The Labute approximate surface area is 145 Å². The molecular formula is C17H19NO3S2. The normalized spacial score (nSPS) is 20.7. The highest BCUT2D eigenvalue weighted by atomic mass is 32.2. The number of ether oxygens (including phenoxy) is 1. The van der Waals surface area contributed by atoms with E-state index in [9.17, 15) is 9.90 Å². The number of hydrogen-bond donors (Lipinski definition) is 1. The van der Waals surface area contributed by atoms with E-state index in [1.54, 1.807) is 23.1 Å². The number of thioether (sulfide) groups is 1. The number of rotatable bonds is 4. The standard InChI is InChI=1S/C17H19NO3S2/c1-2-21-14-9-11(7-8-13(14)19)10-15-16(20)18(17(22)23-15)12-5-3-4-6-12/h7-10,12,19H,2-6H2,1H3/b15-10+. The quantitative estimate of drug-likeness (QED) is 0.659. The summed E-state index contributed by atoms with van der Waals surface area (Å²) in [7, 11) is 0. The van der Waals surface area contributed by atoms with Gasteiger partial charge in [0.15, 0.2) is 11.5 Å². The van der Waals surface area contributed by atoms with E-state index in [1.807, 2.05) is 13.0 Å². The molecule has 1 aliphatic heterocycles. The highest BCUT2D eigenvalue weighted by molar-refractivity contribution is 8.26. The predicted molar refractivity (Wildman–Crippen MR) is 96.5 cm³/mol. The molecule has 1 saturated carbocycles. The molecule has 1 heterocycles. The number of thiocarbonyl (C=S) groups is 1. The van der Waals surface area contributed by atoms with Gasteiger partial charge < -0.3 is 9.84 Å². The van der Waals surface area contributed by atoms with E-state index >= 15 is 0 Å². The van der Waals surface area contributed by atoms with Crippen LogP contribution in [0.1, 0.15) is 38.2 Å². The minimum Gasteiger partial charge on any atom is -0.504 e. The third kappa shape index (κ3) is 3.38. The molecule has 6 heteroatoms. The van der Waals surface area contributed by atoms with Gasteiger partial charge in [0.05, 0.1) is 11.5 Å². The van der Waals surface area contributed by atoms with Crippen molar-refractivity contribution in [3.63, 3.8) is 0 Å². The van der Waals surface area contributed by atoms with Crippen molar-refractivity contribution < 1.29 is 14.6 Å². The van der Waals surface area contributed by atoms with Crippen molar-refractivity contribution >= 4 is 40.3 Å². The summed E-state index contributed by atoms with van der Waals surface area (Å²) in [5, 5.41) is 9.76. The van der Waals surface area contributed by atoms with E-state index in [4.69, 9.17) is 17.0 Å². The molecule has 0 radical (unpaired) electrons. The molecule has 3 rings (SSSR count). The Morgan fingerprint density at radius 2 is 2.17 bits per heavy atom. The second-order valence-corrected chi connectivity index (χ2v) is 7.33. The largest absolute Gasteiger partial charge is 0.504 e. The maximum Gasteiger partial charge on any atom is 0.266 e. The van der Waals surface area contributed by atoms with Crippen LogP contribution in [0, 0.1) is 0 Å². The van der Waals surface area contributed by atoms with Gasteiger partial charge in [-0.3, -0.25) is 9.69 Å². The summed E-state index contributed by atoms with van der Waals surface area (Å²) in [4.78, 5) is 15.1. The summed E-state index contributed by atoms with van der Waals surface area (Å²) < 4.78 is 6.03. The fraction of sp³-hybridized carbons (Fsp3) is 0.412. The number of phenolic OH excluding ortho intramolecular Hbond substituents is 1. The molecule has 0 atom stereocenters. The van der Waals surface area contributed by atoms with Crippen molar-refractivity contribution in [1.29, 1.82) is 0 Å². The first-order valence-corrected chi connectivity index (χ1v) is 9.05. The minimum atomic E-state index is -0.00191. The molecule has 1 N–H and O–H groups in total. The van der Waals surface area contributed by atoms with Gasteiger partial charge in [-0.2, -0.15) is 0 Å². The Morgan fingerprint density at radius 1 is 1.43 bits per heavy atom. The van der Waals surface area contributed by atoms with E-state index < -0.39 is 0 Å². The van der Waals surface area contributed by atoms with Crippen LogP contribution in [-0.4, -0.2) is 32.9 Å². The zero-order valence-electron chi connectivity index (χ0n) is 12.9. The highest BCUT2D eigenvalue weighted by Gasteiger charge is 2.38. The van der Waals surface area contributed by atoms with Gasteiger partial charge in [0.25, 0.3) is 5.91 Å². The van der Waals surface area contributed by atoms with Gasteiger partial charge in [-0.15, -0.1) is 0 Å². The third-order valence-electron chi connectivity index (χ3n) is 4.09. The van der Waals surface area contributed by atoms with E-state index in [2.05, 4.69) is 0 Å². The maximum absolute atomic E-state index is 12.7. The first-order valence-electron chi connectivity index (χ1n) is 7.83. The van der Waals surface area contributed by atoms with Crippen molar-refractivity contribution in [3.05, 3.63) is 28.7 Å². The predicted octanol–water partition coefficient (Wildman–Crippen LogP) is 3.93. The first kappa shape index (κ1) is 16.3. The summed E-state index contributed by atoms with van der Waals surface area (Å²) in [6.07, 6.45) is 6.21. The number of aromatic hydroxyl groups is 1. The maximum atomic E-state index is 12.7. The molecule has 1 aromatic rings. The molecular weight excluding hydrogens is 330 g/mol. The van der Waals surface area contributed by atoms with E-state index in [0.717, 1.165) is 31.2 Å². The summed E-state index contributed by atoms with van der Waals surface area (Å²) in [5.74, 6) is 0.521. The summed E-state index contributed by atoms with van der Waals surface area (Å²) in [5.41, 5.74) is 0.818. The van der Waals surface area contributed by atoms with Gasteiger partial charge >= 0.3 is 0 Å². The number of carbonyl (C=O) groups excluding carboxylic acids is 1. The fourth-order valence-electron chi connectivity index (χ4n) is 3.00. The van der Waals surface area contributed by atoms with Crippen LogP contribution < -0.4 is 4.74 Å². The van der Waals surface area contributed by atoms with Crippen molar-refractivity contribution in [3.8, 4) is 11.5 Å². The van der Waals surface area contributed by atoms with E-state index in [0.29, 0.717) is 21.6 Å². The average Bonchev–Trinajstić information content (AvgIpc) is 3.12. The lowest BCUT2D eigenvalue weighted by Crippen LogP contribution is -2.36. The smallest absolute Gasteiger partial charge is 0.266 e. The molecule has 0 spiro atoms. The van der Waals surface area contributed by atoms with Crippen LogP contribution in [0.2, 0.25) is 0 Å². The Bertz CT molecular complexity index is 666. The Morgan fingerprint density at radius 3 is 2.87 bits per heavy atom. The second-order valence-electron chi connectivity index (χ2n) is 5.65. The molecule has 0 unspecified atom stereocenters. The number of phenols is 1. The lowest BCUT2D eigenvalue weighted by Gasteiger charge is -2.21. The minimum absolute atomic E-state index is 0.00191. The van der Waals surface area contributed by atoms with Crippen LogP contribution in [-0.2, 0) is 4.79 Å². The van der Waals surface area contributed by atoms with Crippen molar-refractivity contribution in [1.82, 2.24) is 4.90 Å². The topological polar surface area (TPSA) is 49.8 Å². The molecule has 1 aliphatic carbocycles. The number of hydrogen-bond acceptors (Lipinski definition) is 5. The third-order valence-corrected chi connectivity index (χ3v) is 5.43. The van der Waals surface area contributed by atoms with Crippen molar-refractivity contribution in [2.45, 2.75) is 38.6 Å². The number of carbonyl (C=O) groups is 1. The highest BCUT2D eigenvalue weighted by Crippen LogP contribution is 2.38. The number of nitrogens with zero attached hydrogens (tertiary/aromatic N) is 1. The molecule has 1 saturated heterocycles. The molecule has 122 valence electrons. The fourth-order valence-corrected chi connectivity index (χ4v) is 4.40. The molecule has 2 aliphatic rings. The summed E-state index contributed by atoms with van der Waals surface area (Å²) in [6.45, 7) is 2.33. The van der Waals surface area contributed by atoms with Crippen molar-refractivity contribution in [2.24, 2.45) is 0 Å². The van der Waals surface area contributed by atoms with Gasteiger partial charge in [0.2, 0.25) is 0 Å². The number of amides is 1. The first-order chi connectivity index (χ1) is 11.1. The van der Waals surface area contributed by atoms with Crippen LogP contribution >= 0.6 is 24.0 Å². The van der Waals surface area contributed by atoms with Gasteiger partial charge in [-0.1, -0.05) is 42.9 Å². The lowest BCUT2D eigenvalue weighted by atomic mass is 10.1. The zero-order valence-corrected chi connectivity index (χ0v) is 14.6. The second kappa shape index (κ2) is 6.93. The zero-order chi connectivity index (χ0) is 16.4. The van der Waals surface area contributed by atoms with Crippen LogP contribution in [0.25, 0.3) is 6.08 Å².